The minimum absolute atomic E-state index is 0.0292. The summed E-state index contributed by atoms with van der Waals surface area (Å²) in [5.41, 5.74) is 6.20. The van der Waals surface area contributed by atoms with E-state index in [2.05, 4.69) is 95.1 Å². The van der Waals surface area contributed by atoms with Crippen LogP contribution in [0.25, 0.3) is 0 Å². The number of aromatic nitrogens is 2. The normalized spacial score (nSPS) is 18.6. The number of benzene rings is 1. The standard InChI is InChI=1S/C25H31N5S/c1-18-16-21(19(2)30(18)17-20-10-6-5-7-11-20)24-23(22-12-8-9-13-26-22)27-25(31)29(24)15-14-28(3)4/h5-13,16,23-24H,14-15,17H2,1-4H3,(H,27,31)/t23-,24-/m0/s1. The van der Waals surface area contributed by atoms with Gasteiger partial charge in [0.25, 0.3) is 0 Å². The quantitative estimate of drug-likeness (QED) is 0.568. The zero-order valence-electron chi connectivity index (χ0n) is 18.7. The van der Waals surface area contributed by atoms with Crippen LogP contribution in [0.3, 0.4) is 0 Å². The smallest absolute Gasteiger partial charge is 0.170 e. The maximum absolute atomic E-state index is 5.80. The van der Waals surface area contributed by atoms with Crippen molar-refractivity contribution in [2.75, 3.05) is 27.2 Å². The largest absolute Gasteiger partial charge is 0.352 e. The number of thiocarbonyl (C=S) groups is 1. The predicted octanol–water partition coefficient (Wildman–Crippen LogP) is 4.08. The molecule has 1 aromatic carbocycles. The van der Waals surface area contributed by atoms with Gasteiger partial charge in [0.15, 0.2) is 5.11 Å². The Morgan fingerprint density at radius 3 is 2.48 bits per heavy atom. The third kappa shape index (κ3) is 4.50. The summed E-state index contributed by atoms with van der Waals surface area (Å²) in [6.45, 7) is 7.10. The van der Waals surface area contributed by atoms with E-state index in [-0.39, 0.29) is 12.1 Å². The molecular formula is C25H31N5S. The molecule has 2 atom stereocenters. The Bertz CT molecular complexity index is 1030. The molecule has 3 aromatic rings. The van der Waals surface area contributed by atoms with E-state index in [0.29, 0.717) is 0 Å². The van der Waals surface area contributed by atoms with Gasteiger partial charge in [0, 0.05) is 37.2 Å². The Morgan fingerprint density at radius 2 is 1.81 bits per heavy atom. The highest BCUT2D eigenvalue weighted by molar-refractivity contribution is 7.80. The van der Waals surface area contributed by atoms with Gasteiger partial charge in [-0.1, -0.05) is 36.4 Å². The Kier molecular flexibility index (Phi) is 6.39. The van der Waals surface area contributed by atoms with E-state index in [1.54, 1.807) is 0 Å². The number of nitrogens with zero attached hydrogens (tertiary/aromatic N) is 4. The fourth-order valence-electron chi connectivity index (χ4n) is 4.43. The Balaban J connectivity index is 1.73. The molecule has 31 heavy (non-hydrogen) atoms. The molecule has 0 spiro atoms. The van der Waals surface area contributed by atoms with E-state index in [4.69, 9.17) is 12.2 Å². The molecule has 5 nitrogen and oxygen atoms in total. The van der Waals surface area contributed by atoms with E-state index in [0.717, 1.165) is 30.4 Å². The fourth-order valence-corrected chi connectivity index (χ4v) is 4.76. The van der Waals surface area contributed by atoms with Crippen LogP contribution in [-0.4, -0.2) is 51.6 Å². The van der Waals surface area contributed by atoms with Crippen molar-refractivity contribution in [3.63, 3.8) is 0 Å². The van der Waals surface area contributed by atoms with Gasteiger partial charge in [0.1, 0.15) is 0 Å². The van der Waals surface area contributed by atoms with Crippen LogP contribution in [0.4, 0.5) is 0 Å². The van der Waals surface area contributed by atoms with Gasteiger partial charge < -0.3 is 19.7 Å². The van der Waals surface area contributed by atoms with Gasteiger partial charge in [0.05, 0.1) is 17.8 Å². The molecule has 0 bridgehead atoms. The van der Waals surface area contributed by atoms with Crippen molar-refractivity contribution in [3.05, 3.63) is 89.0 Å². The molecule has 1 aliphatic heterocycles. The molecular weight excluding hydrogens is 402 g/mol. The third-order valence-corrected chi connectivity index (χ3v) is 6.45. The topological polar surface area (TPSA) is 36.3 Å². The van der Waals surface area contributed by atoms with Crippen molar-refractivity contribution in [2.45, 2.75) is 32.5 Å². The minimum atomic E-state index is 0.0292. The van der Waals surface area contributed by atoms with Crippen LogP contribution in [0.15, 0.2) is 60.8 Å². The first kappa shape index (κ1) is 21.5. The number of rotatable bonds is 7. The lowest BCUT2D eigenvalue weighted by Gasteiger charge is -2.29. The summed E-state index contributed by atoms with van der Waals surface area (Å²) >= 11 is 5.80. The van der Waals surface area contributed by atoms with Crippen molar-refractivity contribution >= 4 is 17.3 Å². The highest BCUT2D eigenvalue weighted by atomic mass is 32.1. The van der Waals surface area contributed by atoms with Crippen molar-refractivity contribution in [1.82, 2.24) is 24.7 Å². The zero-order chi connectivity index (χ0) is 22.0. The van der Waals surface area contributed by atoms with E-state index in [1.165, 1.54) is 22.5 Å². The van der Waals surface area contributed by atoms with E-state index < -0.39 is 0 Å². The number of hydrogen-bond acceptors (Lipinski definition) is 3. The molecule has 1 fully saturated rings. The first-order chi connectivity index (χ1) is 15.0. The highest BCUT2D eigenvalue weighted by Gasteiger charge is 2.41. The number of aryl methyl sites for hydroxylation is 1. The molecule has 6 heteroatoms. The van der Waals surface area contributed by atoms with Crippen LogP contribution < -0.4 is 5.32 Å². The molecule has 0 saturated carbocycles. The van der Waals surface area contributed by atoms with Gasteiger partial charge in [-0.3, -0.25) is 4.98 Å². The molecule has 1 saturated heterocycles. The van der Waals surface area contributed by atoms with E-state index in [1.807, 2.05) is 18.3 Å². The second kappa shape index (κ2) is 9.20. The summed E-state index contributed by atoms with van der Waals surface area (Å²) in [7, 11) is 4.20. The molecule has 1 aliphatic rings. The van der Waals surface area contributed by atoms with E-state index in [9.17, 15) is 0 Å². The minimum Gasteiger partial charge on any atom is -0.352 e. The lowest BCUT2D eigenvalue weighted by Crippen LogP contribution is -2.35. The number of nitrogens with one attached hydrogen (secondary N) is 1. The lowest BCUT2D eigenvalue weighted by molar-refractivity contribution is 0.277. The first-order valence-corrected chi connectivity index (χ1v) is 11.2. The Hall–Kier alpha value is -2.70. The Morgan fingerprint density at radius 1 is 1.06 bits per heavy atom. The van der Waals surface area contributed by atoms with Crippen LogP contribution in [0.5, 0.6) is 0 Å². The zero-order valence-corrected chi connectivity index (χ0v) is 19.6. The van der Waals surface area contributed by atoms with Crippen molar-refractivity contribution in [2.24, 2.45) is 0 Å². The van der Waals surface area contributed by atoms with Gasteiger partial charge in [-0.2, -0.15) is 0 Å². The van der Waals surface area contributed by atoms with Gasteiger partial charge in [-0.25, -0.2) is 0 Å². The summed E-state index contributed by atoms with van der Waals surface area (Å²) in [5, 5.41) is 4.37. The average molecular weight is 434 g/mol. The van der Waals surface area contributed by atoms with Gasteiger partial charge in [-0.15, -0.1) is 0 Å². The maximum Gasteiger partial charge on any atom is 0.170 e. The van der Waals surface area contributed by atoms with Crippen LogP contribution in [0, 0.1) is 13.8 Å². The predicted molar refractivity (Wildman–Crippen MR) is 130 cm³/mol. The molecule has 1 N–H and O–H groups in total. The van der Waals surface area contributed by atoms with Crippen molar-refractivity contribution < 1.29 is 0 Å². The number of pyridine rings is 1. The average Bonchev–Trinajstić information content (AvgIpc) is 3.24. The summed E-state index contributed by atoms with van der Waals surface area (Å²) < 4.78 is 2.41. The maximum atomic E-state index is 5.80. The van der Waals surface area contributed by atoms with Crippen LogP contribution in [-0.2, 0) is 6.54 Å². The lowest BCUT2D eigenvalue weighted by atomic mass is 9.97. The third-order valence-electron chi connectivity index (χ3n) is 6.10. The summed E-state index contributed by atoms with van der Waals surface area (Å²) in [6, 6.07) is 19.2. The van der Waals surface area contributed by atoms with Crippen LogP contribution in [0.2, 0.25) is 0 Å². The van der Waals surface area contributed by atoms with Crippen LogP contribution >= 0.6 is 12.2 Å². The van der Waals surface area contributed by atoms with E-state index >= 15 is 0 Å². The fraction of sp³-hybridized carbons (Fsp3) is 0.360. The van der Waals surface area contributed by atoms with Gasteiger partial charge >= 0.3 is 0 Å². The molecule has 162 valence electrons. The summed E-state index contributed by atoms with van der Waals surface area (Å²) in [4.78, 5) is 9.20. The summed E-state index contributed by atoms with van der Waals surface area (Å²) in [5.74, 6) is 0. The second-order valence-corrected chi connectivity index (χ2v) is 8.91. The number of hydrogen-bond donors (Lipinski definition) is 1. The molecule has 2 aromatic heterocycles. The molecule has 0 radical (unpaired) electrons. The van der Waals surface area contributed by atoms with Crippen molar-refractivity contribution in [1.29, 1.82) is 0 Å². The summed E-state index contributed by atoms with van der Waals surface area (Å²) in [6.07, 6.45) is 1.86. The molecule has 3 heterocycles. The molecule has 4 rings (SSSR count). The van der Waals surface area contributed by atoms with Gasteiger partial charge in [0.2, 0.25) is 0 Å². The molecule has 0 unspecified atom stereocenters. The second-order valence-electron chi connectivity index (χ2n) is 8.52. The molecule has 0 amide bonds. The number of likely N-dealkylation sites (N-methyl/N-ethyl adjacent to an activating group) is 1. The van der Waals surface area contributed by atoms with Crippen LogP contribution in [0.1, 0.15) is 40.3 Å². The first-order valence-electron chi connectivity index (χ1n) is 10.8. The van der Waals surface area contributed by atoms with Gasteiger partial charge in [-0.05, 0) is 69.5 Å². The van der Waals surface area contributed by atoms with Crippen molar-refractivity contribution in [3.8, 4) is 0 Å². The Labute approximate surface area is 190 Å². The SMILES string of the molecule is Cc1cc([C@H]2[C@H](c3ccccn3)NC(=S)N2CCN(C)C)c(C)n1Cc1ccccc1. The molecule has 0 aliphatic carbocycles. The monoisotopic (exact) mass is 433 g/mol. The highest BCUT2D eigenvalue weighted by Crippen LogP contribution is 2.40.